The Bertz CT molecular complexity index is 264. The van der Waals surface area contributed by atoms with Crippen molar-refractivity contribution in [3.05, 3.63) is 0 Å². The van der Waals surface area contributed by atoms with Crippen molar-refractivity contribution in [3.63, 3.8) is 0 Å². The fraction of sp³-hybridized carbons (Fsp3) is 0.875. The largest absolute Gasteiger partial charge is 0.281 e. The Kier molecular flexibility index (Phi) is 7.13. The van der Waals surface area contributed by atoms with Crippen LogP contribution in [-0.4, -0.2) is 26.0 Å². The number of nitrogens with one attached hydrogen (secondary N) is 1. The predicted molar refractivity (Wildman–Crippen MR) is 56.8 cm³/mol. The normalized spacial score (nSPS) is 11.6. The van der Waals surface area contributed by atoms with Crippen LogP contribution in [0.1, 0.15) is 32.6 Å². The van der Waals surface area contributed by atoms with E-state index in [1.54, 1.807) is 0 Å². The highest BCUT2D eigenvalue weighted by Crippen LogP contribution is 1.96. The second-order valence-electron chi connectivity index (χ2n) is 3.03. The van der Waals surface area contributed by atoms with Crippen LogP contribution in [0, 0.1) is 0 Å². The summed E-state index contributed by atoms with van der Waals surface area (Å²) in [5.74, 6) is 0.151. The van der Waals surface area contributed by atoms with Gasteiger partial charge in [-0.3, -0.25) is 4.79 Å². The maximum absolute atomic E-state index is 11.2. The molecule has 84 valence electrons. The monoisotopic (exact) mass is 241 g/mol. The summed E-state index contributed by atoms with van der Waals surface area (Å²) in [6, 6.07) is 0. The number of halogens is 1. The molecule has 0 heterocycles. The topological polar surface area (TPSA) is 63.2 Å². The molecule has 0 bridgehead atoms. The van der Waals surface area contributed by atoms with Crippen LogP contribution in [0.3, 0.4) is 0 Å². The first-order valence-corrected chi connectivity index (χ1v) is 6.66. The summed E-state index contributed by atoms with van der Waals surface area (Å²) in [5.41, 5.74) is 0. The third-order valence-corrected chi connectivity index (χ3v) is 3.30. The zero-order valence-corrected chi connectivity index (χ0v) is 9.83. The quantitative estimate of drug-likeness (QED) is 0.514. The molecule has 0 aliphatic rings. The molecule has 0 aromatic rings. The highest BCUT2D eigenvalue weighted by Gasteiger charge is 2.08. The van der Waals surface area contributed by atoms with Gasteiger partial charge in [0.25, 0.3) is 0 Å². The lowest BCUT2D eigenvalue weighted by atomic mass is 10.3. The number of unbranched alkanes of at least 4 members (excludes halogenated alkanes) is 1. The number of sulfonamides is 1. The van der Waals surface area contributed by atoms with Crippen LogP contribution >= 0.6 is 11.6 Å². The Labute approximate surface area is 90.1 Å². The molecule has 0 atom stereocenters. The van der Waals surface area contributed by atoms with Crippen LogP contribution in [0.2, 0.25) is 0 Å². The van der Waals surface area contributed by atoms with Crippen LogP contribution in [0.25, 0.3) is 0 Å². The van der Waals surface area contributed by atoms with Crippen molar-refractivity contribution < 1.29 is 13.2 Å². The van der Waals surface area contributed by atoms with Gasteiger partial charge < -0.3 is 0 Å². The van der Waals surface area contributed by atoms with E-state index in [0.29, 0.717) is 12.8 Å². The van der Waals surface area contributed by atoms with E-state index in [1.807, 2.05) is 6.92 Å². The van der Waals surface area contributed by atoms with Gasteiger partial charge in [0.15, 0.2) is 0 Å². The third-order valence-electron chi connectivity index (χ3n) is 1.64. The SMILES string of the molecule is CCCCS(=O)(=O)NCCCC(=O)Cl. The van der Waals surface area contributed by atoms with Gasteiger partial charge in [-0.2, -0.15) is 0 Å². The Balaban J connectivity index is 3.61. The van der Waals surface area contributed by atoms with Crippen molar-refractivity contribution in [2.75, 3.05) is 12.3 Å². The molecule has 0 fully saturated rings. The Morgan fingerprint density at radius 3 is 2.50 bits per heavy atom. The molecule has 0 spiro atoms. The van der Waals surface area contributed by atoms with E-state index in [0.717, 1.165) is 6.42 Å². The standard InChI is InChI=1S/C8H16ClNO3S/c1-2-3-7-14(12,13)10-6-4-5-8(9)11/h10H,2-7H2,1H3. The summed E-state index contributed by atoms with van der Waals surface area (Å²) in [5, 5.41) is -0.433. The number of carbonyl (C=O) groups excluding carboxylic acids is 1. The first-order valence-electron chi connectivity index (χ1n) is 4.63. The number of hydrogen-bond donors (Lipinski definition) is 1. The second kappa shape index (κ2) is 7.20. The summed E-state index contributed by atoms with van der Waals surface area (Å²) in [4.78, 5) is 10.3. The molecule has 0 radical (unpaired) electrons. The lowest BCUT2D eigenvalue weighted by Crippen LogP contribution is -2.27. The smallest absolute Gasteiger partial charge is 0.221 e. The van der Waals surface area contributed by atoms with Crippen molar-refractivity contribution in [2.45, 2.75) is 32.6 Å². The molecule has 0 saturated carbocycles. The van der Waals surface area contributed by atoms with Gasteiger partial charge in [-0.15, -0.1) is 0 Å². The van der Waals surface area contributed by atoms with Crippen LogP contribution in [0.5, 0.6) is 0 Å². The Morgan fingerprint density at radius 2 is 2.00 bits per heavy atom. The molecule has 0 saturated heterocycles. The molecule has 1 N–H and O–H groups in total. The molecular weight excluding hydrogens is 226 g/mol. The predicted octanol–water partition coefficient (Wildman–Crippen LogP) is 1.25. The average Bonchev–Trinajstić information content (AvgIpc) is 2.09. The Hall–Kier alpha value is -0.130. The lowest BCUT2D eigenvalue weighted by molar-refractivity contribution is -0.111. The second-order valence-corrected chi connectivity index (χ2v) is 5.37. The van der Waals surface area contributed by atoms with E-state index < -0.39 is 15.3 Å². The van der Waals surface area contributed by atoms with Crippen molar-refractivity contribution in [3.8, 4) is 0 Å². The van der Waals surface area contributed by atoms with Gasteiger partial charge in [0.1, 0.15) is 0 Å². The molecule has 0 rings (SSSR count). The molecule has 0 aromatic heterocycles. The number of rotatable bonds is 8. The molecule has 14 heavy (non-hydrogen) atoms. The molecular formula is C8H16ClNO3S. The van der Waals surface area contributed by atoms with Crippen molar-refractivity contribution in [1.29, 1.82) is 0 Å². The summed E-state index contributed by atoms with van der Waals surface area (Å²) in [6.07, 6.45) is 2.16. The summed E-state index contributed by atoms with van der Waals surface area (Å²) in [6.45, 7) is 2.21. The van der Waals surface area contributed by atoms with Crippen molar-refractivity contribution in [2.24, 2.45) is 0 Å². The molecule has 0 aliphatic heterocycles. The molecule has 6 heteroatoms. The molecule has 0 amide bonds. The maximum Gasteiger partial charge on any atom is 0.221 e. The van der Waals surface area contributed by atoms with Crippen LogP contribution in [-0.2, 0) is 14.8 Å². The minimum atomic E-state index is -3.15. The van der Waals surface area contributed by atoms with Gasteiger partial charge in [-0.05, 0) is 24.4 Å². The molecule has 4 nitrogen and oxygen atoms in total. The lowest BCUT2D eigenvalue weighted by Gasteiger charge is -2.04. The van der Waals surface area contributed by atoms with Crippen molar-refractivity contribution >= 4 is 26.9 Å². The summed E-state index contributed by atoms with van der Waals surface area (Å²) < 4.78 is 24.8. The highest BCUT2D eigenvalue weighted by atomic mass is 35.5. The minimum absolute atomic E-state index is 0.151. The van der Waals surface area contributed by atoms with Gasteiger partial charge >= 0.3 is 0 Å². The average molecular weight is 242 g/mol. The van der Waals surface area contributed by atoms with E-state index >= 15 is 0 Å². The van der Waals surface area contributed by atoms with E-state index in [1.165, 1.54) is 0 Å². The zero-order chi connectivity index (χ0) is 11.0. The highest BCUT2D eigenvalue weighted by molar-refractivity contribution is 7.89. The van der Waals surface area contributed by atoms with Gasteiger partial charge in [0.2, 0.25) is 15.3 Å². The van der Waals surface area contributed by atoms with Crippen LogP contribution < -0.4 is 4.72 Å². The maximum atomic E-state index is 11.2. The van der Waals surface area contributed by atoms with Crippen LogP contribution in [0.4, 0.5) is 0 Å². The fourth-order valence-corrected chi connectivity index (χ4v) is 2.26. The number of hydrogen-bond acceptors (Lipinski definition) is 3. The fourth-order valence-electron chi connectivity index (χ4n) is 0.862. The van der Waals surface area contributed by atoms with Crippen molar-refractivity contribution in [1.82, 2.24) is 4.72 Å². The third kappa shape index (κ3) is 8.47. The van der Waals surface area contributed by atoms with E-state index in [9.17, 15) is 13.2 Å². The van der Waals surface area contributed by atoms with Gasteiger partial charge in [0, 0.05) is 13.0 Å². The zero-order valence-electron chi connectivity index (χ0n) is 8.25. The van der Waals surface area contributed by atoms with Gasteiger partial charge in [0.05, 0.1) is 5.75 Å². The first kappa shape index (κ1) is 13.9. The minimum Gasteiger partial charge on any atom is -0.281 e. The van der Waals surface area contributed by atoms with Gasteiger partial charge in [-0.1, -0.05) is 13.3 Å². The van der Waals surface area contributed by atoms with E-state index in [2.05, 4.69) is 4.72 Å². The molecule has 0 aliphatic carbocycles. The molecule has 0 unspecified atom stereocenters. The summed E-state index contributed by atoms with van der Waals surface area (Å²) >= 11 is 5.10. The Morgan fingerprint density at radius 1 is 1.36 bits per heavy atom. The van der Waals surface area contributed by atoms with Gasteiger partial charge in [-0.25, -0.2) is 13.1 Å². The van der Waals surface area contributed by atoms with Crippen LogP contribution in [0.15, 0.2) is 0 Å². The van der Waals surface area contributed by atoms with E-state index in [4.69, 9.17) is 11.6 Å². The first-order chi connectivity index (χ1) is 6.48. The molecule has 0 aromatic carbocycles. The van der Waals surface area contributed by atoms with E-state index in [-0.39, 0.29) is 18.7 Å². The number of carbonyl (C=O) groups is 1. The summed E-state index contributed by atoms with van der Waals surface area (Å²) in [7, 11) is -3.15.